The number of ether oxygens (including phenoxy) is 1. The van der Waals surface area contributed by atoms with Crippen LogP contribution >= 0.6 is 0 Å². The summed E-state index contributed by atoms with van der Waals surface area (Å²) in [6.07, 6.45) is 6.17. The largest absolute Gasteiger partial charge is 0.381 e. The summed E-state index contributed by atoms with van der Waals surface area (Å²) in [7, 11) is 0. The Bertz CT molecular complexity index is 531. The lowest BCUT2D eigenvalue weighted by molar-refractivity contribution is -0.138. The molecule has 1 aliphatic carbocycles. The molecule has 1 aromatic rings. The van der Waals surface area contributed by atoms with Crippen molar-refractivity contribution in [3.8, 4) is 0 Å². The van der Waals surface area contributed by atoms with Crippen molar-refractivity contribution < 1.29 is 9.53 Å². The van der Waals surface area contributed by atoms with Crippen molar-refractivity contribution in [1.82, 2.24) is 15.1 Å². The van der Waals surface area contributed by atoms with Gasteiger partial charge in [0.25, 0.3) is 0 Å². The van der Waals surface area contributed by atoms with Crippen LogP contribution in [0.25, 0.3) is 0 Å². The molecule has 2 saturated heterocycles. The average molecular weight is 275 g/mol. The van der Waals surface area contributed by atoms with Crippen LogP contribution in [0, 0.1) is 5.41 Å². The molecule has 5 nitrogen and oxygen atoms in total. The molecule has 2 aliphatic heterocycles. The molecule has 20 heavy (non-hydrogen) atoms. The smallest absolute Gasteiger partial charge is 0.222 e. The van der Waals surface area contributed by atoms with E-state index in [0.29, 0.717) is 13.0 Å². The number of piperidine rings is 1. The molecule has 1 atom stereocenters. The number of amides is 1. The van der Waals surface area contributed by atoms with E-state index in [-0.39, 0.29) is 11.3 Å². The zero-order chi connectivity index (χ0) is 13.6. The molecule has 0 unspecified atom stereocenters. The molecule has 1 aromatic heterocycles. The first-order chi connectivity index (χ1) is 9.76. The van der Waals surface area contributed by atoms with Crippen molar-refractivity contribution in [3.63, 3.8) is 0 Å². The van der Waals surface area contributed by atoms with Crippen LogP contribution in [-0.4, -0.2) is 40.8 Å². The maximum Gasteiger partial charge on any atom is 0.222 e. The van der Waals surface area contributed by atoms with Crippen molar-refractivity contribution in [2.24, 2.45) is 5.41 Å². The third-order valence-corrected chi connectivity index (χ3v) is 5.17. The van der Waals surface area contributed by atoms with Crippen LogP contribution in [0.4, 0.5) is 0 Å². The van der Waals surface area contributed by atoms with E-state index >= 15 is 0 Å². The predicted molar refractivity (Wildman–Crippen MR) is 73.1 cm³/mol. The fourth-order valence-electron chi connectivity index (χ4n) is 3.92. The summed E-state index contributed by atoms with van der Waals surface area (Å²) in [6, 6.07) is 0. The Kier molecular flexibility index (Phi) is 2.84. The molecule has 108 valence electrons. The van der Waals surface area contributed by atoms with E-state index in [4.69, 9.17) is 4.74 Å². The van der Waals surface area contributed by atoms with Gasteiger partial charge in [0.1, 0.15) is 0 Å². The van der Waals surface area contributed by atoms with Gasteiger partial charge < -0.3 is 9.64 Å². The van der Waals surface area contributed by atoms with E-state index in [9.17, 15) is 4.79 Å². The third kappa shape index (κ3) is 1.95. The second-order valence-electron chi connectivity index (χ2n) is 6.53. The number of H-pyrrole nitrogens is 1. The van der Waals surface area contributed by atoms with Crippen molar-refractivity contribution >= 4 is 5.91 Å². The number of aromatic amines is 1. The SMILES string of the molecule is O=C1CC[C@]2(CCOC2)CN1Cc1n[nH]c2c1CCC2. The number of aryl methyl sites for hydroxylation is 1. The van der Waals surface area contributed by atoms with E-state index in [2.05, 4.69) is 10.2 Å². The molecule has 3 aliphatic rings. The molecule has 4 rings (SSSR count). The molecule has 1 spiro atoms. The maximum absolute atomic E-state index is 12.2. The minimum absolute atomic E-state index is 0.216. The molecule has 1 amide bonds. The number of rotatable bonds is 2. The number of aromatic nitrogens is 2. The Hall–Kier alpha value is -1.36. The number of carbonyl (C=O) groups is 1. The molecule has 5 heteroatoms. The summed E-state index contributed by atoms with van der Waals surface area (Å²) in [6.45, 7) is 3.18. The second-order valence-corrected chi connectivity index (χ2v) is 6.53. The first kappa shape index (κ1) is 12.4. The number of nitrogens with zero attached hydrogens (tertiary/aromatic N) is 2. The minimum Gasteiger partial charge on any atom is -0.381 e. The summed E-state index contributed by atoms with van der Waals surface area (Å²) in [5.41, 5.74) is 3.94. The summed E-state index contributed by atoms with van der Waals surface area (Å²) < 4.78 is 5.57. The number of hydrogen-bond acceptors (Lipinski definition) is 3. The highest BCUT2D eigenvalue weighted by Gasteiger charge is 2.41. The van der Waals surface area contributed by atoms with E-state index in [1.165, 1.54) is 17.7 Å². The zero-order valence-electron chi connectivity index (χ0n) is 11.8. The number of nitrogens with one attached hydrogen (secondary N) is 1. The number of likely N-dealkylation sites (tertiary alicyclic amines) is 1. The quantitative estimate of drug-likeness (QED) is 0.888. The van der Waals surface area contributed by atoms with Crippen LogP contribution in [-0.2, 0) is 28.9 Å². The Morgan fingerprint density at radius 3 is 3.10 bits per heavy atom. The van der Waals surface area contributed by atoms with Gasteiger partial charge in [-0.1, -0.05) is 0 Å². The number of hydrogen-bond donors (Lipinski definition) is 1. The van der Waals surface area contributed by atoms with Crippen LogP contribution in [0.1, 0.15) is 42.6 Å². The van der Waals surface area contributed by atoms with E-state index in [0.717, 1.165) is 51.1 Å². The van der Waals surface area contributed by atoms with E-state index in [1.54, 1.807) is 0 Å². The highest BCUT2D eigenvalue weighted by Crippen LogP contribution is 2.38. The summed E-state index contributed by atoms with van der Waals surface area (Å²) in [5, 5.41) is 7.57. The van der Waals surface area contributed by atoms with Gasteiger partial charge in [0.05, 0.1) is 18.8 Å². The molecular formula is C15H21N3O2. The lowest BCUT2D eigenvalue weighted by Gasteiger charge is -2.39. The lowest BCUT2D eigenvalue weighted by atomic mass is 9.79. The third-order valence-electron chi connectivity index (χ3n) is 5.17. The van der Waals surface area contributed by atoms with E-state index in [1.807, 2.05) is 4.90 Å². The normalized spacial score (nSPS) is 29.4. The van der Waals surface area contributed by atoms with Gasteiger partial charge in [-0.05, 0) is 37.7 Å². The van der Waals surface area contributed by atoms with Crippen molar-refractivity contribution in [3.05, 3.63) is 17.0 Å². The fourth-order valence-corrected chi connectivity index (χ4v) is 3.92. The summed E-state index contributed by atoms with van der Waals surface area (Å²) >= 11 is 0. The molecular weight excluding hydrogens is 254 g/mol. The highest BCUT2D eigenvalue weighted by atomic mass is 16.5. The summed E-state index contributed by atoms with van der Waals surface area (Å²) in [5.74, 6) is 0.275. The molecule has 1 N–H and O–H groups in total. The van der Waals surface area contributed by atoms with Gasteiger partial charge in [-0.15, -0.1) is 0 Å². The van der Waals surface area contributed by atoms with Crippen LogP contribution in [0.5, 0.6) is 0 Å². The first-order valence-corrected chi connectivity index (χ1v) is 7.66. The summed E-state index contributed by atoms with van der Waals surface area (Å²) in [4.78, 5) is 14.2. The van der Waals surface area contributed by atoms with Gasteiger partial charge in [-0.25, -0.2) is 0 Å². The number of fused-ring (bicyclic) bond motifs is 1. The molecule has 0 radical (unpaired) electrons. The standard InChI is InChI=1S/C15H21N3O2/c19-14-4-5-15(6-7-20-10-15)9-18(14)8-13-11-2-1-3-12(11)16-17-13/h1-10H2,(H,16,17)/t15-/m0/s1. The second kappa shape index (κ2) is 4.58. The minimum atomic E-state index is 0.216. The van der Waals surface area contributed by atoms with Gasteiger partial charge in [0.2, 0.25) is 5.91 Å². The molecule has 0 saturated carbocycles. The highest BCUT2D eigenvalue weighted by molar-refractivity contribution is 5.77. The van der Waals surface area contributed by atoms with Gasteiger partial charge in [0.15, 0.2) is 0 Å². The van der Waals surface area contributed by atoms with Gasteiger partial charge in [-0.2, -0.15) is 5.10 Å². The topological polar surface area (TPSA) is 58.2 Å². The monoisotopic (exact) mass is 275 g/mol. The predicted octanol–water partition coefficient (Wildman–Crippen LogP) is 1.43. The van der Waals surface area contributed by atoms with Crippen LogP contribution in [0.15, 0.2) is 0 Å². The first-order valence-electron chi connectivity index (χ1n) is 7.66. The number of carbonyl (C=O) groups excluding carboxylic acids is 1. The van der Waals surface area contributed by atoms with Crippen LogP contribution in [0.3, 0.4) is 0 Å². The Balaban J connectivity index is 1.53. The van der Waals surface area contributed by atoms with Crippen LogP contribution in [0.2, 0.25) is 0 Å². The molecule has 3 heterocycles. The van der Waals surface area contributed by atoms with Gasteiger partial charge >= 0.3 is 0 Å². The van der Waals surface area contributed by atoms with Gasteiger partial charge in [0, 0.05) is 30.7 Å². The zero-order valence-corrected chi connectivity index (χ0v) is 11.8. The lowest BCUT2D eigenvalue weighted by Crippen LogP contribution is -2.46. The molecule has 0 bridgehead atoms. The van der Waals surface area contributed by atoms with Crippen molar-refractivity contribution in [2.75, 3.05) is 19.8 Å². The van der Waals surface area contributed by atoms with Crippen molar-refractivity contribution in [2.45, 2.75) is 45.1 Å². The van der Waals surface area contributed by atoms with Gasteiger partial charge in [-0.3, -0.25) is 9.89 Å². The Morgan fingerprint density at radius 1 is 1.30 bits per heavy atom. The van der Waals surface area contributed by atoms with E-state index < -0.39 is 0 Å². The molecule has 0 aromatic carbocycles. The van der Waals surface area contributed by atoms with Crippen LogP contribution < -0.4 is 0 Å². The average Bonchev–Trinajstić information content (AvgIpc) is 3.13. The van der Waals surface area contributed by atoms with Crippen molar-refractivity contribution in [1.29, 1.82) is 0 Å². The Morgan fingerprint density at radius 2 is 2.25 bits per heavy atom. The molecule has 2 fully saturated rings. The maximum atomic E-state index is 12.2. The fraction of sp³-hybridized carbons (Fsp3) is 0.733. The Labute approximate surface area is 118 Å².